The molecule has 4 heteroatoms. The summed E-state index contributed by atoms with van der Waals surface area (Å²) in [6.07, 6.45) is 0. The largest absolute Gasteiger partial charge is 0.508 e. The number of alkyl halides is 1. The van der Waals surface area contributed by atoms with Crippen molar-refractivity contribution in [3.8, 4) is 5.75 Å². The molecule has 0 saturated carbocycles. The van der Waals surface area contributed by atoms with Crippen molar-refractivity contribution in [2.24, 2.45) is 10.7 Å². The molecular formula is C12H11ClN2O. The van der Waals surface area contributed by atoms with Crippen molar-refractivity contribution in [2.45, 2.75) is 0 Å². The predicted octanol–water partition coefficient (Wildman–Crippen LogP) is 2.77. The Kier molecular flexibility index (Phi) is 2.97. The molecule has 3 nitrogen and oxygen atoms in total. The van der Waals surface area contributed by atoms with Crippen LogP contribution in [0.2, 0.25) is 0 Å². The average molecular weight is 235 g/mol. The zero-order valence-electron chi connectivity index (χ0n) is 8.52. The summed E-state index contributed by atoms with van der Waals surface area (Å²) in [7, 11) is 0. The van der Waals surface area contributed by atoms with Crippen LogP contribution in [0.15, 0.2) is 41.4 Å². The number of rotatable bonds is 2. The minimum Gasteiger partial charge on any atom is -0.508 e. The van der Waals surface area contributed by atoms with Gasteiger partial charge in [-0.3, -0.25) is 0 Å². The summed E-state index contributed by atoms with van der Waals surface area (Å²) in [6, 6.07) is 10.8. The molecule has 0 aliphatic carbocycles. The average Bonchev–Trinajstić information content (AvgIpc) is 2.28. The Hall–Kier alpha value is -1.74. The van der Waals surface area contributed by atoms with Crippen molar-refractivity contribution in [3.05, 3.63) is 36.4 Å². The van der Waals surface area contributed by atoms with Crippen LogP contribution in [0.25, 0.3) is 10.8 Å². The molecule has 0 saturated heterocycles. The Morgan fingerprint density at radius 2 is 2.12 bits per heavy atom. The number of nitrogens with zero attached hydrogens (tertiary/aromatic N) is 1. The molecule has 0 bridgehead atoms. The van der Waals surface area contributed by atoms with Crippen molar-refractivity contribution in [1.29, 1.82) is 0 Å². The fraction of sp³-hybridized carbons (Fsp3) is 0.0833. The van der Waals surface area contributed by atoms with E-state index in [9.17, 15) is 5.11 Å². The van der Waals surface area contributed by atoms with Gasteiger partial charge in [0.2, 0.25) is 0 Å². The Morgan fingerprint density at radius 1 is 1.31 bits per heavy atom. The number of aliphatic imine (C=N–C) groups is 1. The number of phenols is 1. The van der Waals surface area contributed by atoms with Gasteiger partial charge in [-0.05, 0) is 29.7 Å². The first-order chi connectivity index (χ1) is 7.70. The number of halogens is 1. The van der Waals surface area contributed by atoms with E-state index >= 15 is 0 Å². The molecule has 0 aromatic heterocycles. The van der Waals surface area contributed by atoms with Crippen molar-refractivity contribution in [1.82, 2.24) is 0 Å². The van der Waals surface area contributed by atoms with Crippen LogP contribution >= 0.6 is 11.6 Å². The lowest BCUT2D eigenvalue weighted by molar-refractivity contribution is 0.476. The van der Waals surface area contributed by atoms with Gasteiger partial charge in [0.1, 0.15) is 11.6 Å². The van der Waals surface area contributed by atoms with Crippen LogP contribution in [0.3, 0.4) is 0 Å². The van der Waals surface area contributed by atoms with Gasteiger partial charge in [-0.1, -0.05) is 12.1 Å². The molecule has 16 heavy (non-hydrogen) atoms. The normalized spacial score (nSPS) is 11.9. The highest BCUT2D eigenvalue weighted by Gasteiger charge is 2.01. The molecule has 0 spiro atoms. The summed E-state index contributed by atoms with van der Waals surface area (Å²) >= 11 is 5.58. The van der Waals surface area contributed by atoms with Crippen LogP contribution in [0, 0.1) is 0 Å². The molecule has 0 heterocycles. The van der Waals surface area contributed by atoms with Crippen LogP contribution in [-0.2, 0) is 0 Å². The van der Waals surface area contributed by atoms with Gasteiger partial charge in [-0.15, -0.1) is 11.6 Å². The third-order valence-corrected chi connectivity index (χ3v) is 2.52. The molecule has 0 amide bonds. The molecule has 0 aliphatic rings. The number of nitrogens with two attached hydrogens (primary N) is 1. The number of phenolic OH excluding ortho intramolecular Hbond substituents is 1. The van der Waals surface area contributed by atoms with Crippen molar-refractivity contribution >= 4 is 33.9 Å². The van der Waals surface area contributed by atoms with Crippen molar-refractivity contribution in [2.75, 3.05) is 5.88 Å². The molecular weight excluding hydrogens is 224 g/mol. The first kappa shape index (κ1) is 10.8. The monoisotopic (exact) mass is 234 g/mol. The van der Waals surface area contributed by atoms with Crippen molar-refractivity contribution in [3.63, 3.8) is 0 Å². The van der Waals surface area contributed by atoms with Gasteiger partial charge in [-0.25, -0.2) is 4.99 Å². The van der Waals surface area contributed by atoms with Gasteiger partial charge < -0.3 is 10.8 Å². The minimum absolute atomic E-state index is 0.203. The highest BCUT2D eigenvalue weighted by molar-refractivity contribution is 6.28. The summed E-state index contributed by atoms with van der Waals surface area (Å²) in [4.78, 5) is 4.22. The number of benzene rings is 2. The van der Waals surface area contributed by atoms with E-state index in [-0.39, 0.29) is 11.6 Å². The second kappa shape index (κ2) is 4.41. The first-order valence-corrected chi connectivity index (χ1v) is 5.35. The van der Waals surface area contributed by atoms with Crippen LogP contribution in [0.1, 0.15) is 0 Å². The van der Waals surface area contributed by atoms with E-state index in [1.807, 2.05) is 24.3 Å². The highest BCUT2D eigenvalue weighted by Crippen LogP contribution is 2.28. The van der Waals surface area contributed by atoms with Crippen LogP contribution in [0.5, 0.6) is 5.75 Å². The number of aromatic hydroxyl groups is 1. The van der Waals surface area contributed by atoms with Crippen LogP contribution in [-0.4, -0.2) is 16.8 Å². The summed E-state index contributed by atoms with van der Waals surface area (Å²) in [6.45, 7) is 0. The second-order valence-electron chi connectivity index (χ2n) is 3.42. The highest BCUT2D eigenvalue weighted by atomic mass is 35.5. The lowest BCUT2D eigenvalue weighted by Gasteiger charge is -2.03. The van der Waals surface area contributed by atoms with E-state index < -0.39 is 0 Å². The number of hydrogen-bond donors (Lipinski definition) is 2. The van der Waals surface area contributed by atoms with E-state index in [1.54, 1.807) is 12.1 Å². The molecule has 0 atom stereocenters. The fourth-order valence-corrected chi connectivity index (χ4v) is 1.60. The quantitative estimate of drug-likeness (QED) is 0.477. The zero-order valence-corrected chi connectivity index (χ0v) is 9.28. The molecule has 3 N–H and O–H groups in total. The Balaban J connectivity index is 2.62. The Bertz CT molecular complexity index is 552. The summed E-state index contributed by atoms with van der Waals surface area (Å²) < 4.78 is 0. The van der Waals surface area contributed by atoms with Crippen LogP contribution < -0.4 is 5.73 Å². The molecule has 2 aromatic rings. The molecule has 0 unspecified atom stereocenters. The predicted molar refractivity (Wildman–Crippen MR) is 67.6 cm³/mol. The Labute approximate surface area is 98.2 Å². The fourth-order valence-electron chi connectivity index (χ4n) is 1.54. The standard InChI is InChI=1S/C12H11ClN2O/c13-7-12(14)15-11-3-1-2-8-6-9(16)4-5-10(8)11/h1-6,16H,7H2,(H2,14,15). The van der Waals surface area contributed by atoms with Gasteiger partial charge in [-0.2, -0.15) is 0 Å². The van der Waals surface area contributed by atoms with Crippen molar-refractivity contribution < 1.29 is 5.11 Å². The number of amidine groups is 1. The third kappa shape index (κ3) is 2.09. The summed E-state index contributed by atoms with van der Waals surface area (Å²) in [5, 5.41) is 11.2. The van der Waals surface area contributed by atoms with E-state index in [0.29, 0.717) is 5.84 Å². The maximum Gasteiger partial charge on any atom is 0.116 e. The molecule has 2 rings (SSSR count). The number of hydrogen-bond acceptors (Lipinski definition) is 2. The third-order valence-electron chi connectivity index (χ3n) is 2.24. The molecule has 0 aliphatic heterocycles. The van der Waals surface area contributed by atoms with Gasteiger partial charge in [0.15, 0.2) is 0 Å². The van der Waals surface area contributed by atoms with Crippen LogP contribution in [0.4, 0.5) is 5.69 Å². The Morgan fingerprint density at radius 3 is 2.88 bits per heavy atom. The topological polar surface area (TPSA) is 58.6 Å². The SMILES string of the molecule is NC(CCl)=Nc1cccc2cc(O)ccc12. The molecule has 2 aromatic carbocycles. The van der Waals surface area contributed by atoms with Gasteiger partial charge in [0.05, 0.1) is 11.6 Å². The molecule has 0 radical (unpaired) electrons. The lowest BCUT2D eigenvalue weighted by Crippen LogP contribution is -2.12. The minimum atomic E-state index is 0.203. The summed E-state index contributed by atoms with van der Waals surface area (Å²) in [5.41, 5.74) is 6.35. The zero-order chi connectivity index (χ0) is 11.5. The first-order valence-electron chi connectivity index (χ1n) is 4.81. The van der Waals surface area contributed by atoms with E-state index in [4.69, 9.17) is 17.3 Å². The van der Waals surface area contributed by atoms with E-state index in [2.05, 4.69) is 4.99 Å². The van der Waals surface area contributed by atoms with Gasteiger partial charge in [0.25, 0.3) is 0 Å². The smallest absolute Gasteiger partial charge is 0.116 e. The van der Waals surface area contributed by atoms with Gasteiger partial charge in [0, 0.05) is 5.39 Å². The maximum atomic E-state index is 9.37. The molecule has 82 valence electrons. The maximum absolute atomic E-state index is 9.37. The summed E-state index contributed by atoms with van der Waals surface area (Å²) in [5.74, 6) is 0.815. The molecule has 0 fully saturated rings. The van der Waals surface area contributed by atoms with E-state index in [0.717, 1.165) is 16.5 Å². The van der Waals surface area contributed by atoms with E-state index in [1.165, 1.54) is 0 Å². The second-order valence-corrected chi connectivity index (χ2v) is 3.69. The van der Waals surface area contributed by atoms with Gasteiger partial charge >= 0.3 is 0 Å². The number of fused-ring (bicyclic) bond motifs is 1. The lowest BCUT2D eigenvalue weighted by atomic mass is 10.1.